The molecule has 0 aromatic rings. The van der Waals surface area contributed by atoms with Gasteiger partial charge in [-0.25, -0.2) is 9.59 Å². The fourth-order valence-electron chi connectivity index (χ4n) is 0.406. The predicted molar refractivity (Wildman–Crippen MR) is 59.0 cm³/mol. The lowest BCUT2D eigenvalue weighted by Gasteiger charge is -1.91. The van der Waals surface area contributed by atoms with E-state index in [-0.39, 0.29) is 5.57 Å². The number of carboxylic acid groups (broad SMARTS) is 2. The first-order chi connectivity index (χ1) is 7.84. The molecule has 0 amide bonds. The first kappa shape index (κ1) is 16.8. The van der Waals surface area contributed by atoms with Gasteiger partial charge in [-0.05, 0) is 0 Å². The molecule has 0 aliphatic rings. The molecule has 92 valence electrons. The highest BCUT2D eigenvalue weighted by Crippen LogP contribution is 1.95. The number of carboxylic acids is 2. The topological polar surface area (TPSA) is 101 Å². The number of aliphatic carboxylic acids is 2. The van der Waals surface area contributed by atoms with Gasteiger partial charge in [-0.1, -0.05) is 25.5 Å². The van der Waals surface area contributed by atoms with Crippen LogP contribution in [0.5, 0.6) is 0 Å². The van der Waals surface area contributed by atoms with E-state index < -0.39 is 24.3 Å². The highest BCUT2D eigenvalue weighted by atomic mass is 16.5. The first-order valence-electron chi connectivity index (χ1n) is 4.15. The zero-order valence-corrected chi connectivity index (χ0v) is 9.01. The maximum absolute atomic E-state index is 10.1. The van der Waals surface area contributed by atoms with Gasteiger partial charge in [0, 0.05) is 11.6 Å². The molecule has 6 nitrogen and oxygen atoms in total. The number of carbonyl (C=O) groups is 3. The van der Waals surface area contributed by atoms with Crippen LogP contribution < -0.4 is 0 Å². The third kappa shape index (κ3) is 13.4. The summed E-state index contributed by atoms with van der Waals surface area (Å²) in [6, 6.07) is 0. The summed E-state index contributed by atoms with van der Waals surface area (Å²) in [7, 11) is 0. The highest BCUT2D eigenvalue weighted by molar-refractivity contribution is 5.91. The standard InChI is InChI=1S/C6H6O2.C5H6O4/c1-3-5-8-6(7)4-2;1-3(5(8)9)2-4(6)7/h4-5H,1-2H2;1-2H2,(H,6,7)(H,8,9). The van der Waals surface area contributed by atoms with Gasteiger partial charge in [0.05, 0.1) is 6.42 Å². The van der Waals surface area contributed by atoms with Crippen LogP contribution in [0.2, 0.25) is 0 Å². The summed E-state index contributed by atoms with van der Waals surface area (Å²) >= 11 is 0. The van der Waals surface area contributed by atoms with Crippen LogP contribution >= 0.6 is 0 Å². The predicted octanol–water partition coefficient (Wildman–Crippen LogP) is 1.12. The van der Waals surface area contributed by atoms with Gasteiger partial charge in [-0.3, -0.25) is 4.79 Å². The lowest BCUT2D eigenvalue weighted by Crippen LogP contribution is -2.04. The minimum Gasteiger partial charge on any atom is -0.481 e. The number of rotatable bonds is 5. The summed E-state index contributed by atoms with van der Waals surface area (Å²) in [5.74, 6) is -2.94. The van der Waals surface area contributed by atoms with Crippen molar-refractivity contribution in [3.05, 3.63) is 43.4 Å². The lowest BCUT2D eigenvalue weighted by atomic mass is 10.2. The smallest absolute Gasteiger partial charge is 0.335 e. The van der Waals surface area contributed by atoms with Crippen LogP contribution in [0, 0.1) is 0 Å². The van der Waals surface area contributed by atoms with Crippen molar-refractivity contribution < 1.29 is 29.3 Å². The van der Waals surface area contributed by atoms with Gasteiger partial charge in [0.1, 0.15) is 6.26 Å². The summed E-state index contributed by atoms with van der Waals surface area (Å²) in [5.41, 5.74) is 1.96. The second kappa shape index (κ2) is 9.95. The van der Waals surface area contributed by atoms with Crippen LogP contribution in [-0.2, 0) is 19.1 Å². The molecule has 0 unspecified atom stereocenters. The minimum atomic E-state index is -1.27. The van der Waals surface area contributed by atoms with Crippen LogP contribution in [0.3, 0.4) is 0 Å². The maximum atomic E-state index is 10.1. The number of hydrogen-bond donors (Lipinski definition) is 2. The third-order valence-corrected chi connectivity index (χ3v) is 1.09. The van der Waals surface area contributed by atoms with Gasteiger partial charge < -0.3 is 14.9 Å². The van der Waals surface area contributed by atoms with Crippen LogP contribution in [0.15, 0.2) is 43.4 Å². The largest absolute Gasteiger partial charge is 0.481 e. The van der Waals surface area contributed by atoms with Gasteiger partial charge in [0.15, 0.2) is 0 Å². The Morgan fingerprint density at radius 1 is 1.29 bits per heavy atom. The summed E-state index contributed by atoms with van der Waals surface area (Å²) < 4.78 is 4.28. The highest BCUT2D eigenvalue weighted by Gasteiger charge is 2.07. The van der Waals surface area contributed by atoms with E-state index in [1.54, 1.807) is 0 Å². The molecule has 0 aliphatic carbocycles. The molecule has 0 bridgehead atoms. The van der Waals surface area contributed by atoms with Gasteiger partial charge in [0.2, 0.25) is 0 Å². The van der Waals surface area contributed by atoms with E-state index in [1.165, 1.54) is 0 Å². The average Bonchev–Trinajstić information content (AvgIpc) is 2.25. The molecule has 17 heavy (non-hydrogen) atoms. The average molecular weight is 240 g/mol. The molecule has 0 aromatic carbocycles. The van der Waals surface area contributed by atoms with Crippen molar-refractivity contribution in [2.45, 2.75) is 6.42 Å². The van der Waals surface area contributed by atoms with Crippen LogP contribution in [0.4, 0.5) is 0 Å². The van der Waals surface area contributed by atoms with Gasteiger partial charge in [-0.2, -0.15) is 0 Å². The van der Waals surface area contributed by atoms with Gasteiger partial charge in [-0.15, -0.1) is 0 Å². The Kier molecular flexibility index (Phi) is 9.84. The molecule has 0 heterocycles. The molecule has 0 saturated carbocycles. The van der Waals surface area contributed by atoms with Crippen molar-refractivity contribution in [2.75, 3.05) is 0 Å². The zero-order valence-electron chi connectivity index (χ0n) is 9.01. The Bertz CT molecular complexity index is 373. The third-order valence-electron chi connectivity index (χ3n) is 1.09. The van der Waals surface area contributed by atoms with Crippen molar-refractivity contribution in [3.63, 3.8) is 0 Å². The number of hydrogen-bond acceptors (Lipinski definition) is 4. The maximum Gasteiger partial charge on any atom is 0.335 e. The fraction of sp³-hybridized carbons (Fsp3) is 0.0909. The summed E-state index contributed by atoms with van der Waals surface area (Å²) in [4.78, 5) is 29.8. The Morgan fingerprint density at radius 2 is 1.82 bits per heavy atom. The van der Waals surface area contributed by atoms with Crippen molar-refractivity contribution in [2.24, 2.45) is 0 Å². The van der Waals surface area contributed by atoms with Gasteiger partial charge >= 0.3 is 17.9 Å². The normalized spacial score (nSPS) is 7.53. The summed E-state index contributed by atoms with van der Waals surface area (Å²) in [6.07, 6.45) is 1.63. The van der Waals surface area contributed by atoms with E-state index in [0.29, 0.717) is 0 Å². The Morgan fingerprint density at radius 3 is 2.06 bits per heavy atom. The molecule has 0 radical (unpaired) electrons. The second-order valence-corrected chi connectivity index (χ2v) is 2.44. The molecule has 6 heteroatoms. The number of ether oxygens (including phenoxy) is 1. The van der Waals surface area contributed by atoms with Crippen LogP contribution in [0.1, 0.15) is 6.42 Å². The monoisotopic (exact) mass is 240 g/mol. The SMILES string of the molecule is C=C(CC(=O)O)C(=O)O.C=C=COC(=O)C=C. The number of carbonyl (C=O) groups excluding carboxylic acids is 1. The molecule has 0 rings (SSSR count). The summed E-state index contributed by atoms with van der Waals surface area (Å²) in [5, 5.41) is 16.1. The van der Waals surface area contributed by atoms with Crippen molar-refractivity contribution in [1.82, 2.24) is 0 Å². The lowest BCUT2D eigenvalue weighted by molar-refractivity contribution is -0.139. The Hall–Kier alpha value is -2.59. The Balaban J connectivity index is 0. The molecule has 0 aromatic heterocycles. The molecular formula is C11H12O6. The molecule has 0 atom stereocenters. The quantitative estimate of drug-likeness (QED) is 0.323. The van der Waals surface area contributed by atoms with Crippen molar-refractivity contribution in [1.29, 1.82) is 0 Å². The first-order valence-corrected chi connectivity index (χ1v) is 4.15. The van der Waals surface area contributed by atoms with E-state index in [9.17, 15) is 14.4 Å². The van der Waals surface area contributed by atoms with Crippen LogP contribution in [0.25, 0.3) is 0 Å². The van der Waals surface area contributed by atoms with E-state index >= 15 is 0 Å². The Labute approximate surface area is 97.8 Å². The molecule has 0 aliphatic heterocycles. The van der Waals surface area contributed by atoms with Crippen molar-refractivity contribution in [3.8, 4) is 0 Å². The zero-order chi connectivity index (χ0) is 13.8. The van der Waals surface area contributed by atoms with Crippen LogP contribution in [-0.4, -0.2) is 28.1 Å². The molecule has 2 N–H and O–H groups in total. The van der Waals surface area contributed by atoms with E-state index in [1.807, 2.05) is 0 Å². The van der Waals surface area contributed by atoms with Crippen molar-refractivity contribution >= 4 is 17.9 Å². The second-order valence-electron chi connectivity index (χ2n) is 2.44. The van der Waals surface area contributed by atoms with E-state index in [4.69, 9.17) is 10.2 Å². The van der Waals surface area contributed by atoms with Gasteiger partial charge in [0.25, 0.3) is 0 Å². The van der Waals surface area contributed by atoms with E-state index in [0.717, 1.165) is 12.3 Å². The molecule has 0 fully saturated rings. The fourth-order valence-corrected chi connectivity index (χ4v) is 0.406. The minimum absolute atomic E-state index is 0.303. The van der Waals surface area contributed by atoms with E-state index in [2.05, 4.69) is 30.2 Å². The molecule has 0 saturated heterocycles. The molecular weight excluding hydrogens is 228 g/mol. The molecule has 0 spiro atoms. The summed E-state index contributed by atoms with van der Waals surface area (Å²) in [6.45, 7) is 9.36. The number of esters is 1.